The van der Waals surface area contributed by atoms with E-state index in [9.17, 15) is 18.8 Å². The molecule has 0 aliphatic carbocycles. The zero-order chi connectivity index (χ0) is 19.4. The highest BCUT2D eigenvalue weighted by molar-refractivity contribution is 7.18. The number of aliphatic hydroxyl groups excluding tert-OH is 1. The quantitative estimate of drug-likeness (QED) is 0.644. The fourth-order valence-electron chi connectivity index (χ4n) is 2.38. The number of ketones is 2. The van der Waals surface area contributed by atoms with Crippen LogP contribution in [0.15, 0.2) is 18.2 Å². The second kappa shape index (κ2) is 8.20. The molecule has 1 heterocycles. The molecule has 0 aliphatic heterocycles. The SMILES string of the molecule is CC(=O)c1sc(Nc2ccc(C)cc2F)c(C(=O)NCC(=O)CO)c1C. The van der Waals surface area contributed by atoms with Gasteiger partial charge in [-0.15, -0.1) is 11.3 Å². The first-order chi connectivity index (χ1) is 12.2. The molecule has 0 unspecified atom stereocenters. The number of benzene rings is 1. The number of aryl methyl sites for hydroxylation is 1. The van der Waals surface area contributed by atoms with E-state index in [1.165, 1.54) is 13.0 Å². The molecular weight excluding hydrogens is 359 g/mol. The summed E-state index contributed by atoms with van der Waals surface area (Å²) in [6.45, 7) is 3.74. The molecule has 0 radical (unpaired) electrons. The van der Waals surface area contributed by atoms with Crippen molar-refractivity contribution in [2.24, 2.45) is 0 Å². The summed E-state index contributed by atoms with van der Waals surface area (Å²) in [5.41, 5.74) is 1.55. The molecule has 1 aromatic carbocycles. The highest BCUT2D eigenvalue weighted by Crippen LogP contribution is 2.36. The summed E-state index contributed by atoms with van der Waals surface area (Å²) < 4.78 is 14.1. The largest absolute Gasteiger partial charge is 0.389 e. The third-order valence-electron chi connectivity index (χ3n) is 3.69. The Morgan fingerprint density at radius 3 is 2.50 bits per heavy atom. The van der Waals surface area contributed by atoms with Crippen molar-refractivity contribution >= 4 is 39.5 Å². The van der Waals surface area contributed by atoms with Gasteiger partial charge in [0.25, 0.3) is 5.91 Å². The molecule has 2 aromatic rings. The molecule has 0 spiro atoms. The van der Waals surface area contributed by atoms with Crippen LogP contribution < -0.4 is 10.6 Å². The van der Waals surface area contributed by atoms with Crippen LogP contribution in [-0.4, -0.2) is 35.7 Å². The van der Waals surface area contributed by atoms with Gasteiger partial charge in [-0.1, -0.05) is 6.07 Å². The predicted octanol–water partition coefficient (Wildman–Crippen LogP) is 2.74. The molecule has 0 bridgehead atoms. The molecule has 1 amide bonds. The number of amides is 1. The van der Waals surface area contributed by atoms with Crippen LogP contribution in [0.1, 0.15) is 38.1 Å². The first-order valence-corrected chi connectivity index (χ1v) is 8.64. The lowest BCUT2D eigenvalue weighted by Crippen LogP contribution is -2.31. The molecule has 0 atom stereocenters. The Kier molecular flexibility index (Phi) is 6.23. The summed E-state index contributed by atoms with van der Waals surface area (Å²) >= 11 is 1.05. The highest BCUT2D eigenvalue weighted by Gasteiger charge is 2.24. The maximum absolute atomic E-state index is 14.1. The lowest BCUT2D eigenvalue weighted by molar-refractivity contribution is -0.120. The third-order valence-corrected chi connectivity index (χ3v) is 5.00. The van der Waals surface area contributed by atoms with Crippen molar-refractivity contribution in [3.05, 3.63) is 45.6 Å². The van der Waals surface area contributed by atoms with Gasteiger partial charge in [0.1, 0.15) is 17.4 Å². The molecule has 0 saturated heterocycles. The fourth-order valence-corrected chi connectivity index (χ4v) is 3.49. The number of hydrogen-bond donors (Lipinski definition) is 3. The minimum absolute atomic E-state index is 0.172. The number of thiophene rings is 1. The zero-order valence-electron chi connectivity index (χ0n) is 14.6. The van der Waals surface area contributed by atoms with E-state index < -0.39 is 24.1 Å². The summed E-state index contributed by atoms with van der Waals surface area (Å²) in [5.74, 6) is -1.83. The Morgan fingerprint density at radius 1 is 1.23 bits per heavy atom. The van der Waals surface area contributed by atoms with Crippen molar-refractivity contribution in [3.8, 4) is 0 Å². The highest BCUT2D eigenvalue weighted by atomic mass is 32.1. The van der Waals surface area contributed by atoms with Crippen LogP contribution >= 0.6 is 11.3 Å². The van der Waals surface area contributed by atoms with Gasteiger partial charge in [-0.2, -0.15) is 0 Å². The van der Waals surface area contributed by atoms with Crippen molar-refractivity contribution in [1.29, 1.82) is 0 Å². The maximum Gasteiger partial charge on any atom is 0.254 e. The third kappa shape index (κ3) is 4.33. The number of aliphatic hydroxyl groups is 1. The number of carbonyl (C=O) groups is 3. The van der Waals surface area contributed by atoms with Crippen LogP contribution in [0.25, 0.3) is 0 Å². The van der Waals surface area contributed by atoms with Crippen LogP contribution in [-0.2, 0) is 4.79 Å². The maximum atomic E-state index is 14.1. The molecule has 138 valence electrons. The number of nitrogens with one attached hydrogen (secondary N) is 2. The van der Waals surface area contributed by atoms with Gasteiger partial charge in [-0.05, 0) is 44.0 Å². The first-order valence-electron chi connectivity index (χ1n) is 7.82. The summed E-state index contributed by atoms with van der Waals surface area (Å²) in [6.07, 6.45) is 0. The van der Waals surface area contributed by atoms with Crippen LogP contribution in [0.5, 0.6) is 0 Å². The summed E-state index contributed by atoms with van der Waals surface area (Å²) in [4.78, 5) is 35.9. The topological polar surface area (TPSA) is 95.5 Å². The minimum Gasteiger partial charge on any atom is -0.389 e. The van der Waals surface area contributed by atoms with Gasteiger partial charge >= 0.3 is 0 Å². The molecule has 1 aromatic heterocycles. The van der Waals surface area contributed by atoms with E-state index in [4.69, 9.17) is 5.11 Å². The number of halogens is 1. The van der Waals surface area contributed by atoms with Gasteiger partial charge in [0.15, 0.2) is 11.6 Å². The van der Waals surface area contributed by atoms with Gasteiger partial charge in [0.05, 0.1) is 22.7 Å². The summed E-state index contributed by atoms with van der Waals surface area (Å²) in [5, 5.41) is 14.3. The van der Waals surface area contributed by atoms with Crippen LogP contribution in [0, 0.1) is 19.7 Å². The zero-order valence-corrected chi connectivity index (χ0v) is 15.4. The second-order valence-corrected chi connectivity index (χ2v) is 6.82. The Balaban J connectivity index is 2.40. The Bertz CT molecular complexity index is 876. The second-order valence-electron chi connectivity index (χ2n) is 5.80. The van der Waals surface area contributed by atoms with Crippen molar-refractivity contribution in [2.45, 2.75) is 20.8 Å². The number of Topliss-reactive ketones (excluding diaryl/α,β-unsaturated/α-hetero) is 2. The number of hydrogen-bond acceptors (Lipinski definition) is 6. The Hall–Kier alpha value is -2.58. The molecule has 0 fully saturated rings. The van der Waals surface area contributed by atoms with Crippen LogP contribution in [0.3, 0.4) is 0 Å². The van der Waals surface area contributed by atoms with Crippen molar-refractivity contribution in [2.75, 3.05) is 18.5 Å². The van der Waals surface area contributed by atoms with E-state index in [-0.39, 0.29) is 23.6 Å². The fraction of sp³-hybridized carbons (Fsp3) is 0.278. The molecule has 2 rings (SSSR count). The van der Waals surface area contributed by atoms with E-state index in [2.05, 4.69) is 10.6 Å². The Labute approximate surface area is 154 Å². The average molecular weight is 378 g/mol. The predicted molar refractivity (Wildman–Crippen MR) is 97.9 cm³/mol. The van der Waals surface area contributed by atoms with E-state index in [1.807, 2.05) is 0 Å². The van der Waals surface area contributed by atoms with Gasteiger partial charge in [0, 0.05) is 0 Å². The van der Waals surface area contributed by atoms with E-state index in [0.29, 0.717) is 15.4 Å². The minimum atomic E-state index is -0.679. The van der Waals surface area contributed by atoms with E-state index in [1.54, 1.807) is 26.0 Å². The number of anilines is 2. The van der Waals surface area contributed by atoms with Crippen molar-refractivity contribution < 1.29 is 23.9 Å². The van der Waals surface area contributed by atoms with Gasteiger partial charge < -0.3 is 15.7 Å². The molecule has 26 heavy (non-hydrogen) atoms. The molecule has 0 saturated carbocycles. The lowest BCUT2D eigenvalue weighted by Gasteiger charge is -2.10. The monoisotopic (exact) mass is 378 g/mol. The number of rotatable bonds is 7. The molecule has 0 aliphatic rings. The Morgan fingerprint density at radius 2 is 1.92 bits per heavy atom. The van der Waals surface area contributed by atoms with E-state index >= 15 is 0 Å². The standard InChI is InChI=1S/C18H19FN2O4S/c1-9-4-5-14(13(19)6-9)21-18-15(10(2)16(26-18)11(3)23)17(25)20-7-12(24)8-22/h4-6,21-22H,7-8H2,1-3H3,(H,20,25). The van der Waals surface area contributed by atoms with Crippen molar-refractivity contribution in [3.63, 3.8) is 0 Å². The molecular formula is C18H19FN2O4S. The molecule has 3 N–H and O–H groups in total. The normalized spacial score (nSPS) is 10.5. The van der Waals surface area contributed by atoms with E-state index in [0.717, 1.165) is 16.9 Å². The first kappa shape index (κ1) is 19.7. The van der Waals surface area contributed by atoms with Crippen LogP contribution in [0.2, 0.25) is 0 Å². The van der Waals surface area contributed by atoms with Crippen LogP contribution in [0.4, 0.5) is 15.1 Å². The van der Waals surface area contributed by atoms with Gasteiger partial charge in [-0.25, -0.2) is 4.39 Å². The van der Waals surface area contributed by atoms with Gasteiger partial charge in [0.2, 0.25) is 0 Å². The summed E-state index contributed by atoms with van der Waals surface area (Å²) in [6, 6.07) is 4.62. The smallest absolute Gasteiger partial charge is 0.254 e. The molecule has 6 nitrogen and oxygen atoms in total. The number of carbonyl (C=O) groups excluding carboxylic acids is 3. The molecule has 8 heteroatoms. The van der Waals surface area contributed by atoms with Gasteiger partial charge in [-0.3, -0.25) is 14.4 Å². The average Bonchev–Trinajstić information content (AvgIpc) is 2.91. The lowest BCUT2D eigenvalue weighted by atomic mass is 10.1. The van der Waals surface area contributed by atoms with Crippen molar-refractivity contribution in [1.82, 2.24) is 5.32 Å². The summed E-state index contributed by atoms with van der Waals surface area (Å²) in [7, 11) is 0.